The number of sulfonamides is 1. The summed E-state index contributed by atoms with van der Waals surface area (Å²) in [6.07, 6.45) is 5.12. The van der Waals surface area contributed by atoms with Crippen LogP contribution in [-0.2, 0) is 14.8 Å². The molecule has 0 radical (unpaired) electrons. The Balaban J connectivity index is 1.95. The van der Waals surface area contributed by atoms with E-state index in [0.717, 1.165) is 36.9 Å². The number of thioether (sulfide) groups is 1. The van der Waals surface area contributed by atoms with E-state index in [2.05, 4.69) is 21.9 Å². The topological polar surface area (TPSA) is 78.5 Å². The summed E-state index contributed by atoms with van der Waals surface area (Å²) in [6, 6.07) is 4.87. The molecule has 1 heterocycles. The Morgan fingerprint density at radius 1 is 1.29 bits per heavy atom. The third-order valence-electron chi connectivity index (χ3n) is 5.08. The van der Waals surface area contributed by atoms with E-state index in [9.17, 15) is 13.2 Å². The third kappa shape index (κ3) is 6.76. The number of nitrogens with zero attached hydrogens (tertiary/aromatic N) is 1. The summed E-state index contributed by atoms with van der Waals surface area (Å²) in [5, 5.41) is 2.83. The first-order valence-electron chi connectivity index (χ1n) is 9.94. The van der Waals surface area contributed by atoms with Crippen LogP contribution in [0.1, 0.15) is 40.0 Å². The summed E-state index contributed by atoms with van der Waals surface area (Å²) in [6.45, 7) is 9.42. The second-order valence-corrected chi connectivity index (χ2v) is 10.4. The first-order valence-corrected chi connectivity index (χ1v) is 12.6. The minimum absolute atomic E-state index is 0.131. The lowest BCUT2D eigenvalue weighted by Crippen LogP contribution is -2.35. The number of piperidine rings is 1. The number of rotatable bonds is 9. The zero-order chi connectivity index (χ0) is 20.7. The van der Waals surface area contributed by atoms with Gasteiger partial charge in [0.25, 0.3) is 0 Å². The van der Waals surface area contributed by atoms with Gasteiger partial charge in [-0.25, -0.2) is 13.1 Å². The Morgan fingerprint density at radius 2 is 1.96 bits per heavy atom. The van der Waals surface area contributed by atoms with Gasteiger partial charge < -0.3 is 10.2 Å². The van der Waals surface area contributed by atoms with E-state index in [1.807, 2.05) is 6.26 Å². The molecule has 1 saturated heterocycles. The number of hydrogen-bond acceptors (Lipinski definition) is 5. The zero-order valence-corrected chi connectivity index (χ0v) is 19.0. The highest BCUT2D eigenvalue weighted by molar-refractivity contribution is 7.98. The van der Waals surface area contributed by atoms with Crippen molar-refractivity contribution in [3.63, 3.8) is 0 Å². The van der Waals surface area contributed by atoms with E-state index in [1.54, 1.807) is 32.0 Å². The highest BCUT2D eigenvalue weighted by atomic mass is 32.2. The summed E-state index contributed by atoms with van der Waals surface area (Å²) < 4.78 is 28.0. The molecule has 1 aliphatic heterocycles. The maximum absolute atomic E-state index is 12.7. The van der Waals surface area contributed by atoms with Gasteiger partial charge in [-0.1, -0.05) is 20.8 Å². The molecule has 1 aliphatic rings. The van der Waals surface area contributed by atoms with Gasteiger partial charge in [-0.05, 0) is 69.3 Å². The molecule has 6 nitrogen and oxygen atoms in total. The standard InChI is InChI=1S/C20H33N3O3S2/c1-15(2)20(24)22-18-14-17(6-7-19(18)27-4)28(25,26)21-10-5-11-23-12-8-16(3)9-13-23/h6-7,14-16,21H,5,8-13H2,1-4H3,(H,22,24). The predicted octanol–water partition coefficient (Wildman–Crippen LogP) is 3.40. The average Bonchev–Trinajstić information content (AvgIpc) is 2.66. The van der Waals surface area contributed by atoms with Crippen LogP contribution in [0, 0.1) is 11.8 Å². The van der Waals surface area contributed by atoms with Crippen molar-refractivity contribution in [1.82, 2.24) is 9.62 Å². The molecule has 8 heteroatoms. The molecule has 0 aromatic heterocycles. The third-order valence-corrected chi connectivity index (χ3v) is 7.34. The first-order chi connectivity index (χ1) is 13.2. The van der Waals surface area contributed by atoms with Crippen molar-refractivity contribution in [1.29, 1.82) is 0 Å². The summed E-state index contributed by atoms with van der Waals surface area (Å²) in [5.41, 5.74) is 0.538. The number of anilines is 1. The van der Waals surface area contributed by atoms with Crippen LogP contribution in [0.5, 0.6) is 0 Å². The van der Waals surface area contributed by atoms with Crippen molar-refractivity contribution < 1.29 is 13.2 Å². The second kappa shape index (κ2) is 10.6. The predicted molar refractivity (Wildman–Crippen MR) is 116 cm³/mol. The lowest BCUT2D eigenvalue weighted by Gasteiger charge is -2.30. The number of benzene rings is 1. The van der Waals surface area contributed by atoms with E-state index < -0.39 is 10.0 Å². The van der Waals surface area contributed by atoms with Gasteiger partial charge >= 0.3 is 0 Å². The van der Waals surface area contributed by atoms with Gasteiger partial charge in [0, 0.05) is 17.4 Å². The van der Waals surface area contributed by atoms with E-state index >= 15 is 0 Å². The van der Waals surface area contributed by atoms with Crippen LogP contribution < -0.4 is 10.0 Å². The van der Waals surface area contributed by atoms with Crippen LogP contribution in [0.15, 0.2) is 28.0 Å². The highest BCUT2D eigenvalue weighted by Gasteiger charge is 2.19. The van der Waals surface area contributed by atoms with E-state index in [1.165, 1.54) is 24.6 Å². The lowest BCUT2D eigenvalue weighted by atomic mass is 9.99. The molecule has 0 atom stereocenters. The zero-order valence-electron chi connectivity index (χ0n) is 17.3. The fourth-order valence-corrected chi connectivity index (χ4v) is 4.74. The molecule has 0 unspecified atom stereocenters. The fourth-order valence-electron chi connectivity index (χ4n) is 3.11. The molecule has 1 fully saturated rings. The molecule has 0 aliphatic carbocycles. The quantitative estimate of drug-likeness (QED) is 0.466. The maximum atomic E-state index is 12.7. The Kier molecular flexibility index (Phi) is 8.80. The lowest BCUT2D eigenvalue weighted by molar-refractivity contribution is -0.118. The van der Waals surface area contributed by atoms with Gasteiger partial charge in [0.15, 0.2) is 0 Å². The number of hydrogen-bond donors (Lipinski definition) is 2. The van der Waals surface area contributed by atoms with Crippen LogP contribution in [0.4, 0.5) is 5.69 Å². The van der Waals surface area contributed by atoms with E-state index in [-0.39, 0.29) is 16.7 Å². The van der Waals surface area contributed by atoms with Gasteiger partial charge in [0.1, 0.15) is 0 Å². The molecule has 1 amide bonds. The van der Waals surface area contributed by atoms with Crippen LogP contribution >= 0.6 is 11.8 Å². The van der Waals surface area contributed by atoms with E-state index in [0.29, 0.717) is 12.2 Å². The first kappa shape index (κ1) is 23.2. The van der Waals surface area contributed by atoms with Crippen LogP contribution in [0.2, 0.25) is 0 Å². The molecule has 1 aromatic carbocycles. The number of nitrogens with one attached hydrogen (secondary N) is 2. The normalized spacial score (nSPS) is 16.5. The monoisotopic (exact) mass is 427 g/mol. The SMILES string of the molecule is CSc1ccc(S(=O)(=O)NCCCN2CCC(C)CC2)cc1NC(=O)C(C)C. The summed E-state index contributed by atoms with van der Waals surface area (Å²) in [7, 11) is -3.60. The maximum Gasteiger partial charge on any atom is 0.240 e. The summed E-state index contributed by atoms with van der Waals surface area (Å²) in [5.74, 6) is 0.490. The van der Waals surface area contributed by atoms with Gasteiger partial charge in [-0.2, -0.15) is 0 Å². The Morgan fingerprint density at radius 3 is 2.57 bits per heavy atom. The largest absolute Gasteiger partial charge is 0.325 e. The van der Waals surface area contributed by atoms with Gasteiger partial charge in [0.2, 0.25) is 15.9 Å². The Bertz CT molecular complexity index is 758. The number of amides is 1. The van der Waals surface area contributed by atoms with Crippen LogP contribution in [-0.4, -0.2) is 51.7 Å². The van der Waals surface area contributed by atoms with Crippen molar-refractivity contribution in [2.24, 2.45) is 11.8 Å². The molecular formula is C20H33N3O3S2. The highest BCUT2D eigenvalue weighted by Crippen LogP contribution is 2.28. The molecule has 0 spiro atoms. The van der Waals surface area contributed by atoms with Gasteiger partial charge in [-0.15, -0.1) is 11.8 Å². The Hall–Kier alpha value is -1.09. The number of carbonyl (C=O) groups is 1. The van der Waals surface area contributed by atoms with Gasteiger partial charge in [-0.3, -0.25) is 4.79 Å². The second-order valence-electron chi connectivity index (χ2n) is 7.78. The van der Waals surface area contributed by atoms with Crippen molar-refractivity contribution in [3.8, 4) is 0 Å². The van der Waals surface area contributed by atoms with Crippen molar-refractivity contribution in [3.05, 3.63) is 18.2 Å². The molecular weight excluding hydrogens is 394 g/mol. The minimum atomic E-state index is -3.60. The van der Waals surface area contributed by atoms with Gasteiger partial charge in [0.05, 0.1) is 10.6 Å². The fraction of sp³-hybridized carbons (Fsp3) is 0.650. The van der Waals surface area contributed by atoms with Crippen LogP contribution in [0.3, 0.4) is 0 Å². The molecule has 158 valence electrons. The summed E-state index contributed by atoms with van der Waals surface area (Å²) >= 11 is 1.47. The molecule has 28 heavy (non-hydrogen) atoms. The molecule has 2 N–H and O–H groups in total. The summed E-state index contributed by atoms with van der Waals surface area (Å²) in [4.78, 5) is 15.5. The van der Waals surface area contributed by atoms with Crippen molar-refractivity contribution >= 4 is 33.4 Å². The molecule has 0 saturated carbocycles. The average molecular weight is 428 g/mol. The molecule has 0 bridgehead atoms. The molecule has 2 rings (SSSR count). The van der Waals surface area contributed by atoms with Crippen molar-refractivity contribution in [2.45, 2.75) is 49.8 Å². The number of carbonyl (C=O) groups excluding carboxylic acids is 1. The molecule has 1 aromatic rings. The minimum Gasteiger partial charge on any atom is -0.325 e. The van der Waals surface area contributed by atoms with E-state index in [4.69, 9.17) is 0 Å². The number of likely N-dealkylation sites (tertiary alicyclic amines) is 1. The Labute approximate surface area is 173 Å². The smallest absolute Gasteiger partial charge is 0.240 e. The van der Waals surface area contributed by atoms with Crippen molar-refractivity contribution in [2.75, 3.05) is 37.8 Å². The van der Waals surface area contributed by atoms with Crippen LogP contribution in [0.25, 0.3) is 0 Å².